The first-order valence-electron chi connectivity index (χ1n) is 6.83. The summed E-state index contributed by atoms with van der Waals surface area (Å²) >= 11 is 0. The van der Waals surface area contributed by atoms with E-state index < -0.39 is 0 Å². The highest BCUT2D eigenvalue weighted by molar-refractivity contribution is 5.27. The third-order valence-corrected chi connectivity index (χ3v) is 3.37. The highest BCUT2D eigenvalue weighted by Crippen LogP contribution is 2.14. The normalized spacial score (nSPS) is 14.0. The number of rotatable bonds is 6. The van der Waals surface area contributed by atoms with Gasteiger partial charge in [0.15, 0.2) is 0 Å². The van der Waals surface area contributed by atoms with Crippen LogP contribution in [0.5, 0.6) is 5.75 Å². The Morgan fingerprint density at radius 2 is 1.95 bits per heavy atom. The second-order valence-corrected chi connectivity index (χ2v) is 5.14. The molecule has 0 amide bonds. The lowest BCUT2D eigenvalue weighted by Gasteiger charge is -2.19. The highest BCUT2D eigenvalue weighted by Gasteiger charge is 2.14. The first-order valence-corrected chi connectivity index (χ1v) is 6.83. The van der Waals surface area contributed by atoms with E-state index in [1.165, 1.54) is 5.56 Å². The van der Waals surface area contributed by atoms with E-state index in [1.807, 2.05) is 23.7 Å². The first kappa shape index (κ1) is 14.5. The number of aromatic nitrogens is 3. The minimum atomic E-state index is 0.177. The van der Waals surface area contributed by atoms with Crippen molar-refractivity contribution in [2.75, 3.05) is 7.11 Å². The molecule has 0 saturated carbocycles. The molecular weight excluding hydrogens is 252 g/mol. The molecule has 1 heterocycles. The fourth-order valence-electron chi connectivity index (χ4n) is 2.36. The first-order chi connectivity index (χ1) is 9.60. The summed E-state index contributed by atoms with van der Waals surface area (Å²) in [6.45, 7) is 4.28. The molecule has 5 nitrogen and oxygen atoms in total. The van der Waals surface area contributed by atoms with Crippen LogP contribution in [-0.4, -0.2) is 27.9 Å². The molecule has 108 valence electrons. The predicted octanol–water partition coefficient (Wildman–Crippen LogP) is 2.11. The van der Waals surface area contributed by atoms with Gasteiger partial charge in [0.25, 0.3) is 0 Å². The van der Waals surface area contributed by atoms with Crippen LogP contribution >= 0.6 is 0 Å². The molecule has 0 spiro atoms. The monoisotopic (exact) mass is 274 g/mol. The van der Waals surface area contributed by atoms with E-state index in [0.29, 0.717) is 6.04 Å². The van der Waals surface area contributed by atoms with Gasteiger partial charge in [-0.2, -0.15) is 0 Å². The summed E-state index contributed by atoms with van der Waals surface area (Å²) in [5.74, 6) is 1.84. The van der Waals surface area contributed by atoms with Gasteiger partial charge in [-0.1, -0.05) is 12.1 Å². The van der Waals surface area contributed by atoms with Crippen molar-refractivity contribution < 1.29 is 4.74 Å². The lowest BCUT2D eigenvalue weighted by atomic mass is 10.1. The molecule has 1 aromatic heterocycles. The van der Waals surface area contributed by atoms with Gasteiger partial charge in [-0.15, -0.1) is 10.2 Å². The van der Waals surface area contributed by atoms with Crippen molar-refractivity contribution in [3.05, 3.63) is 42.0 Å². The molecule has 0 radical (unpaired) electrons. The molecule has 2 unspecified atom stereocenters. The zero-order chi connectivity index (χ0) is 14.5. The number of nitrogens with one attached hydrogen (secondary N) is 1. The minimum Gasteiger partial charge on any atom is -0.497 e. The Morgan fingerprint density at radius 1 is 1.25 bits per heavy atom. The van der Waals surface area contributed by atoms with Crippen molar-refractivity contribution in [2.45, 2.75) is 32.4 Å². The van der Waals surface area contributed by atoms with Crippen molar-refractivity contribution >= 4 is 0 Å². The van der Waals surface area contributed by atoms with Crippen LogP contribution in [0.4, 0.5) is 0 Å². The van der Waals surface area contributed by atoms with Crippen molar-refractivity contribution in [3.8, 4) is 5.75 Å². The SMILES string of the molecule is COc1ccc(CC(C)NC(C)c2nncn2C)cc1. The summed E-state index contributed by atoms with van der Waals surface area (Å²) in [6, 6.07) is 8.72. The summed E-state index contributed by atoms with van der Waals surface area (Å²) in [5, 5.41) is 11.6. The molecule has 0 aliphatic heterocycles. The summed E-state index contributed by atoms with van der Waals surface area (Å²) in [5.41, 5.74) is 1.29. The molecule has 2 aromatic rings. The summed E-state index contributed by atoms with van der Waals surface area (Å²) in [6.07, 6.45) is 2.69. The van der Waals surface area contributed by atoms with Crippen LogP contribution in [0, 0.1) is 0 Å². The molecular formula is C15H22N4O. The van der Waals surface area contributed by atoms with E-state index in [2.05, 4.69) is 41.5 Å². The van der Waals surface area contributed by atoms with E-state index in [-0.39, 0.29) is 6.04 Å². The zero-order valence-corrected chi connectivity index (χ0v) is 12.5. The fraction of sp³-hybridized carbons (Fsp3) is 0.467. The lowest BCUT2D eigenvalue weighted by molar-refractivity contribution is 0.414. The molecule has 0 fully saturated rings. The number of benzene rings is 1. The molecule has 5 heteroatoms. The zero-order valence-electron chi connectivity index (χ0n) is 12.5. The van der Waals surface area contributed by atoms with Gasteiger partial charge in [-0.25, -0.2) is 0 Å². The topological polar surface area (TPSA) is 52.0 Å². The predicted molar refractivity (Wildman–Crippen MR) is 78.7 cm³/mol. The van der Waals surface area contributed by atoms with Crippen molar-refractivity contribution in [3.63, 3.8) is 0 Å². The smallest absolute Gasteiger partial charge is 0.149 e. The maximum Gasteiger partial charge on any atom is 0.149 e. The Bertz CT molecular complexity index is 535. The largest absolute Gasteiger partial charge is 0.497 e. The molecule has 20 heavy (non-hydrogen) atoms. The Hall–Kier alpha value is -1.88. The van der Waals surface area contributed by atoms with Gasteiger partial charge in [0.2, 0.25) is 0 Å². The summed E-state index contributed by atoms with van der Waals surface area (Å²) in [7, 11) is 3.64. The Balaban J connectivity index is 1.91. The number of hydrogen-bond acceptors (Lipinski definition) is 4. The highest BCUT2D eigenvalue weighted by atomic mass is 16.5. The van der Waals surface area contributed by atoms with Crippen molar-refractivity contribution in [1.29, 1.82) is 0 Å². The molecule has 2 atom stereocenters. The maximum absolute atomic E-state index is 5.17. The molecule has 0 saturated heterocycles. The molecule has 0 bridgehead atoms. The molecule has 0 aliphatic carbocycles. The Labute approximate surface area is 120 Å². The third-order valence-electron chi connectivity index (χ3n) is 3.37. The fourth-order valence-corrected chi connectivity index (χ4v) is 2.36. The van der Waals surface area contributed by atoms with Gasteiger partial charge in [0.1, 0.15) is 17.9 Å². The third kappa shape index (κ3) is 3.57. The molecule has 1 aromatic carbocycles. The van der Waals surface area contributed by atoms with Gasteiger partial charge < -0.3 is 14.6 Å². The van der Waals surface area contributed by atoms with Gasteiger partial charge in [0, 0.05) is 13.1 Å². The number of hydrogen-bond donors (Lipinski definition) is 1. The van der Waals surface area contributed by atoms with Gasteiger partial charge in [-0.05, 0) is 38.0 Å². The molecule has 0 aliphatic rings. The van der Waals surface area contributed by atoms with Gasteiger partial charge >= 0.3 is 0 Å². The van der Waals surface area contributed by atoms with E-state index in [1.54, 1.807) is 13.4 Å². The average molecular weight is 274 g/mol. The van der Waals surface area contributed by atoms with Crippen LogP contribution in [0.3, 0.4) is 0 Å². The van der Waals surface area contributed by atoms with Crippen LogP contribution in [0.15, 0.2) is 30.6 Å². The number of nitrogens with zero attached hydrogens (tertiary/aromatic N) is 3. The van der Waals surface area contributed by atoms with Crippen molar-refractivity contribution in [1.82, 2.24) is 20.1 Å². The van der Waals surface area contributed by atoms with Crippen molar-refractivity contribution in [2.24, 2.45) is 7.05 Å². The van der Waals surface area contributed by atoms with Gasteiger partial charge in [0.05, 0.1) is 13.2 Å². The second kappa shape index (κ2) is 6.52. The summed E-state index contributed by atoms with van der Waals surface area (Å²) < 4.78 is 7.11. The van der Waals surface area contributed by atoms with Crippen LogP contribution in [0.1, 0.15) is 31.3 Å². The van der Waals surface area contributed by atoms with E-state index in [0.717, 1.165) is 18.0 Å². The Kier molecular flexibility index (Phi) is 4.74. The molecule has 1 N–H and O–H groups in total. The Morgan fingerprint density at radius 3 is 2.50 bits per heavy atom. The van der Waals surface area contributed by atoms with Crippen LogP contribution in [-0.2, 0) is 13.5 Å². The lowest BCUT2D eigenvalue weighted by Crippen LogP contribution is -2.32. The molecule has 2 rings (SSSR count). The quantitative estimate of drug-likeness (QED) is 0.876. The number of aryl methyl sites for hydroxylation is 1. The van der Waals surface area contributed by atoms with E-state index >= 15 is 0 Å². The van der Waals surface area contributed by atoms with E-state index in [9.17, 15) is 0 Å². The average Bonchev–Trinajstić information content (AvgIpc) is 2.86. The summed E-state index contributed by atoms with van der Waals surface area (Å²) in [4.78, 5) is 0. The van der Waals surface area contributed by atoms with Crippen LogP contribution in [0.2, 0.25) is 0 Å². The van der Waals surface area contributed by atoms with E-state index in [4.69, 9.17) is 4.74 Å². The van der Waals surface area contributed by atoms with Crippen LogP contribution in [0.25, 0.3) is 0 Å². The number of ether oxygens (including phenoxy) is 1. The van der Waals surface area contributed by atoms with Crippen LogP contribution < -0.4 is 10.1 Å². The maximum atomic E-state index is 5.17. The minimum absolute atomic E-state index is 0.177. The standard InChI is InChI=1S/C15H22N4O/c1-11(9-13-5-7-14(20-4)8-6-13)17-12(2)15-18-16-10-19(15)3/h5-8,10-12,17H,9H2,1-4H3. The second-order valence-electron chi connectivity index (χ2n) is 5.14. The van der Waals surface area contributed by atoms with Gasteiger partial charge in [-0.3, -0.25) is 0 Å². The number of methoxy groups -OCH3 is 1.